The Hall–Kier alpha value is -1.39. The summed E-state index contributed by atoms with van der Waals surface area (Å²) in [6.45, 7) is 2.98. The Kier molecular flexibility index (Phi) is 8.30. The van der Waals surface area contributed by atoms with Gasteiger partial charge in [-0.25, -0.2) is 14.7 Å². The molecule has 0 aromatic carbocycles. The topological polar surface area (TPSA) is 87.4 Å². The van der Waals surface area contributed by atoms with E-state index in [2.05, 4.69) is 25.7 Å². The summed E-state index contributed by atoms with van der Waals surface area (Å²) < 4.78 is 1.99. The van der Waals surface area contributed by atoms with E-state index >= 15 is 0 Å². The lowest BCUT2D eigenvalue weighted by atomic mass is 9.96. The molecule has 1 aliphatic heterocycles. The molecule has 1 fully saturated rings. The second kappa shape index (κ2) is 10.2. The lowest BCUT2D eigenvalue weighted by Crippen LogP contribution is -2.47. The van der Waals surface area contributed by atoms with Crippen LogP contribution in [-0.4, -0.2) is 58.2 Å². The van der Waals surface area contributed by atoms with Gasteiger partial charge in [-0.3, -0.25) is 4.79 Å². The highest BCUT2D eigenvalue weighted by molar-refractivity contribution is 14.0. The highest BCUT2D eigenvalue weighted by Crippen LogP contribution is 2.23. The first-order valence-corrected chi connectivity index (χ1v) is 9.72. The Labute approximate surface area is 178 Å². The van der Waals surface area contributed by atoms with E-state index in [0.717, 1.165) is 43.9 Å². The minimum atomic E-state index is -0.00241. The molecule has 1 atom stereocenters. The van der Waals surface area contributed by atoms with Crippen LogP contribution in [-0.2, 0) is 11.3 Å². The SMILES string of the molecule is Cc1nc2n(n1)CCCC2NC(=NCC(=O)N(C)C)NC1CCCCC1.I. The molecule has 2 N–H and O–H groups in total. The monoisotopic (exact) mass is 489 g/mol. The van der Waals surface area contributed by atoms with Crippen LogP contribution < -0.4 is 10.6 Å². The predicted molar refractivity (Wildman–Crippen MR) is 116 cm³/mol. The van der Waals surface area contributed by atoms with E-state index in [0.29, 0.717) is 12.0 Å². The maximum atomic E-state index is 12.0. The number of rotatable bonds is 4. The minimum Gasteiger partial charge on any atom is -0.354 e. The standard InChI is InChI=1S/C18H31N7O.HI/c1-13-20-17-15(10-7-11-25(17)23-13)22-18(19-12-16(26)24(2)3)21-14-8-5-4-6-9-14;/h14-15H,4-12H2,1-3H3,(H2,19,21,22);1H. The summed E-state index contributed by atoms with van der Waals surface area (Å²) in [4.78, 5) is 22.7. The number of fused-ring (bicyclic) bond motifs is 1. The summed E-state index contributed by atoms with van der Waals surface area (Å²) in [5.74, 6) is 2.48. The number of nitrogens with one attached hydrogen (secondary N) is 2. The number of carbonyl (C=O) groups excluding carboxylic acids is 1. The molecular weight excluding hydrogens is 457 g/mol. The van der Waals surface area contributed by atoms with Gasteiger partial charge in [0.15, 0.2) is 5.96 Å². The van der Waals surface area contributed by atoms with Gasteiger partial charge < -0.3 is 15.5 Å². The fourth-order valence-corrected chi connectivity index (χ4v) is 3.63. The van der Waals surface area contributed by atoms with E-state index in [1.807, 2.05) is 11.6 Å². The number of guanidine groups is 1. The zero-order valence-electron chi connectivity index (χ0n) is 16.6. The van der Waals surface area contributed by atoms with Crippen LogP contribution in [0.2, 0.25) is 0 Å². The number of likely N-dealkylation sites (N-methyl/N-ethyl adjacent to an activating group) is 1. The van der Waals surface area contributed by atoms with Gasteiger partial charge in [0.2, 0.25) is 5.91 Å². The smallest absolute Gasteiger partial charge is 0.243 e. The van der Waals surface area contributed by atoms with E-state index in [1.54, 1.807) is 19.0 Å². The number of halogens is 1. The number of aromatic nitrogens is 3. The van der Waals surface area contributed by atoms with Crippen molar-refractivity contribution in [3.63, 3.8) is 0 Å². The third-order valence-electron chi connectivity index (χ3n) is 5.11. The van der Waals surface area contributed by atoms with Crippen LogP contribution in [0, 0.1) is 6.92 Å². The number of hydrogen-bond acceptors (Lipinski definition) is 4. The van der Waals surface area contributed by atoms with Crippen molar-refractivity contribution in [2.45, 2.75) is 70.5 Å². The van der Waals surface area contributed by atoms with Crippen molar-refractivity contribution < 1.29 is 4.79 Å². The van der Waals surface area contributed by atoms with Crippen molar-refractivity contribution in [1.29, 1.82) is 0 Å². The fourth-order valence-electron chi connectivity index (χ4n) is 3.63. The average molecular weight is 489 g/mol. The number of aryl methyl sites for hydroxylation is 2. The molecule has 2 heterocycles. The third kappa shape index (κ3) is 6.05. The van der Waals surface area contributed by atoms with Crippen LogP contribution in [0.25, 0.3) is 0 Å². The molecule has 0 radical (unpaired) electrons. The van der Waals surface area contributed by atoms with E-state index in [1.165, 1.54) is 19.3 Å². The lowest BCUT2D eigenvalue weighted by molar-refractivity contribution is -0.127. The fraction of sp³-hybridized carbons (Fsp3) is 0.778. The Bertz CT molecular complexity index is 652. The van der Waals surface area contributed by atoms with Crippen molar-refractivity contribution >= 4 is 35.8 Å². The van der Waals surface area contributed by atoms with Crippen molar-refractivity contribution in [2.75, 3.05) is 20.6 Å². The summed E-state index contributed by atoms with van der Waals surface area (Å²) >= 11 is 0. The van der Waals surface area contributed by atoms with Crippen LogP contribution in [0.5, 0.6) is 0 Å². The van der Waals surface area contributed by atoms with Crippen LogP contribution in [0.4, 0.5) is 0 Å². The predicted octanol–water partition coefficient (Wildman–Crippen LogP) is 2.00. The molecule has 8 nitrogen and oxygen atoms in total. The van der Waals surface area contributed by atoms with Gasteiger partial charge in [0.05, 0.1) is 6.04 Å². The van der Waals surface area contributed by atoms with Gasteiger partial charge in [0, 0.05) is 26.7 Å². The van der Waals surface area contributed by atoms with Gasteiger partial charge in [0.1, 0.15) is 18.2 Å². The first-order chi connectivity index (χ1) is 12.5. The molecule has 1 saturated carbocycles. The van der Waals surface area contributed by atoms with Crippen LogP contribution in [0.1, 0.15) is 62.6 Å². The molecule has 27 heavy (non-hydrogen) atoms. The zero-order valence-corrected chi connectivity index (χ0v) is 18.9. The molecule has 1 aromatic heterocycles. The normalized spacial score (nSPS) is 20.4. The largest absolute Gasteiger partial charge is 0.354 e. The summed E-state index contributed by atoms with van der Waals surface area (Å²) in [6, 6.07) is 0.502. The zero-order chi connectivity index (χ0) is 18.5. The van der Waals surface area contributed by atoms with Crippen LogP contribution >= 0.6 is 24.0 Å². The first kappa shape index (κ1) is 21.9. The molecule has 1 amide bonds. The maximum absolute atomic E-state index is 12.0. The highest BCUT2D eigenvalue weighted by atomic mass is 127. The average Bonchev–Trinajstić information content (AvgIpc) is 3.01. The second-order valence-corrected chi connectivity index (χ2v) is 7.51. The second-order valence-electron chi connectivity index (χ2n) is 7.51. The van der Waals surface area contributed by atoms with Crippen molar-refractivity contribution in [3.8, 4) is 0 Å². The number of nitrogens with zero attached hydrogens (tertiary/aromatic N) is 5. The minimum absolute atomic E-state index is 0. The lowest BCUT2D eigenvalue weighted by Gasteiger charge is -2.29. The summed E-state index contributed by atoms with van der Waals surface area (Å²) in [5, 5.41) is 11.5. The molecule has 1 aliphatic carbocycles. The Morgan fingerprint density at radius 1 is 1.19 bits per heavy atom. The van der Waals surface area contributed by atoms with Gasteiger partial charge in [-0.05, 0) is 32.6 Å². The number of hydrogen-bond donors (Lipinski definition) is 2. The molecule has 0 spiro atoms. The quantitative estimate of drug-likeness (QED) is 0.384. The number of carbonyl (C=O) groups is 1. The molecule has 1 unspecified atom stereocenters. The van der Waals surface area contributed by atoms with E-state index < -0.39 is 0 Å². The van der Waals surface area contributed by atoms with Gasteiger partial charge >= 0.3 is 0 Å². The number of amides is 1. The molecule has 2 aliphatic rings. The van der Waals surface area contributed by atoms with Crippen molar-refractivity contribution in [1.82, 2.24) is 30.3 Å². The number of aliphatic imine (C=N–C) groups is 1. The molecule has 1 aromatic rings. The van der Waals surface area contributed by atoms with Gasteiger partial charge in [0.25, 0.3) is 0 Å². The Morgan fingerprint density at radius 2 is 1.93 bits per heavy atom. The molecular formula is C18H32IN7O. The Balaban J connectivity index is 0.00000261. The third-order valence-corrected chi connectivity index (χ3v) is 5.11. The summed E-state index contributed by atoms with van der Waals surface area (Å²) in [7, 11) is 3.51. The summed E-state index contributed by atoms with van der Waals surface area (Å²) in [6.07, 6.45) is 8.16. The van der Waals surface area contributed by atoms with E-state index in [-0.39, 0.29) is 42.5 Å². The molecule has 3 rings (SSSR count). The van der Waals surface area contributed by atoms with E-state index in [4.69, 9.17) is 0 Å². The van der Waals surface area contributed by atoms with Gasteiger partial charge in [-0.15, -0.1) is 24.0 Å². The molecule has 152 valence electrons. The van der Waals surface area contributed by atoms with Crippen LogP contribution in [0.15, 0.2) is 4.99 Å². The molecule has 0 bridgehead atoms. The van der Waals surface area contributed by atoms with Crippen molar-refractivity contribution in [3.05, 3.63) is 11.6 Å². The maximum Gasteiger partial charge on any atom is 0.243 e. The van der Waals surface area contributed by atoms with Crippen molar-refractivity contribution in [2.24, 2.45) is 4.99 Å². The molecule has 9 heteroatoms. The first-order valence-electron chi connectivity index (χ1n) is 9.72. The van der Waals surface area contributed by atoms with E-state index in [9.17, 15) is 4.79 Å². The van der Waals surface area contributed by atoms with Gasteiger partial charge in [-0.2, -0.15) is 5.10 Å². The summed E-state index contributed by atoms with van der Waals surface area (Å²) in [5.41, 5.74) is 0. The highest BCUT2D eigenvalue weighted by Gasteiger charge is 2.25. The Morgan fingerprint density at radius 3 is 2.63 bits per heavy atom. The molecule has 0 saturated heterocycles. The van der Waals surface area contributed by atoms with Gasteiger partial charge in [-0.1, -0.05) is 19.3 Å². The van der Waals surface area contributed by atoms with Crippen LogP contribution in [0.3, 0.4) is 0 Å².